The van der Waals surface area contributed by atoms with Gasteiger partial charge in [0.1, 0.15) is 0 Å². The number of piperidine rings is 1. The molecule has 0 bridgehead atoms. The summed E-state index contributed by atoms with van der Waals surface area (Å²) in [6.45, 7) is 6.70. The number of halogens is 1. The summed E-state index contributed by atoms with van der Waals surface area (Å²) in [7, 11) is 0. The van der Waals surface area contributed by atoms with E-state index in [1.54, 1.807) is 12.1 Å². The predicted octanol–water partition coefficient (Wildman–Crippen LogP) is 2.92. The molecule has 1 aromatic rings. The fraction of sp³-hybridized carbons (Fsp3) is 0.556. The summed E-state index contributed by atoms with van der Waals surface area (Å²) in [4.78, 5) is 28.4. The summed E-state index contributed by atoms with van der Waals surface area (Å²) < 4.78 is 0. The van der Waals surface area contributed by atoms with Gasteiger partial charge in [0.15, 0.2) is 0 Å². The summed E-state index contributed by atoms with van der Waals surface area (Å²) in [6.07, 6.45) is 3.35. The lowest BCUT2D eigenvalue weighted by atomic mass is 10.1. The highest BCUT2D eigenvalue weighted by Gasteiger charge is 2.20. The zero-order chi connectivity index (χ0) is 17.5. The van der Waals surface area contributed by atoms with Crippen LogP contribution in [0.25, 0.3) is 0 Å². The van der Waals surface area contributed by atoms with E-state index in [-0.39, 0.29) is 18.4 Å². The van der Waals surface area contributed by atoms with Gasteiger partial charge in [0, 0.05) is 23.8 Å². The predicted molar refractivity (Wildman–Crippen MR) is 97.4 cm³/mol. The zero-order valence-electron chi connectivity index (χ0n) is 14.5. The van der Waals surface area contributed by atoms with Gasteiger partial charge in [-0.2, -0.15) is 0 Å². The molecule has 6 heteroatoms. The standard InChI is InChI=1S/C18H26ClN3O2/c1-3-21(13-18(24)22-9-5-4-6-10-22)12-17(23)20-16-11-15(19)8-7-14(16)2/h7-8,11H,3-6,9-10,12-13H2,1-2H3,(H,20,23). The molecule has 1 aromatic carbocycles. The molecule has 1 heterocycles. The number of aryl methyl sites for hydroxylation is 1. The summed E-state index contributed by atoms with van der Waals surface area (Å²) >= 11 is 5.98. The van der Waals surface area contributed by atoms with Gasteiger partial charge in [-0.25, -0.2) is 0 Å². The van der Waals surface area contributed by atoms with Crippen molar-refractivity contribution in [1.82, 2.24) is 9.80 Å². The number of likely N-dealkylation sites (N-methyl/N-ethyl adjacent to an activating group) is 1. The number of hydrogen-bond acceptors (Lipinski definition) is 3. The van der Waals surface area contributed by atoms with Gasteiger partial charge < -0.3 is 10.2 Å². The maximum absolute atomic E-state index is 12.3. The summed E-state index contributed by atoms with van der Waals surface area (Å²) in [5.74, 6) is -0.0167. The average molecular weight is 352 g/mol. The molecule has 0 radical (unpaired) electrons. The number of carbonyl (C=O) groups is 2. The van der Waals surface area contributed by atoms with Crippen molar-refractivity contribution < 1.29 is 9.59 Å². The van der Waals surface area contributed by atoms with Crippen molar-refractivity contribution in [2.45, 2.75) is 33.1 Å². The number of anilines is 1. The summed E-state index contributed by atoms with van der Waals surface area (Å²) in [6, 6.07) is 5.40. The van der Waals surface area contributed by atoms with E-state index in [2.05, 4.69) is 5.32 Å². The number of nitrogens with zero attached hydrogens (tertiary/aromatic N) is 2. The van der Waals surface area contributed by atoms with E-state index in [1.807, 2.05) is 29.7 Å². The van der Waals surface area contributed by atoms with Crippen molar-refractivity contribution in [2.24, 2.45) is 0 Å². The van der Waals surface area contributed by atoms with Gasteiger partial charge in [-0.3, -0.25) is 14.5 Å². The van der Waals surface area contributed by atoms with Gasteiger partial charge in [-0.15, -0.1) is 0 Å². The molecule has 2 amide bonds. The molecule has 1 aliphatic heterocycles. The van der Waals surface area contributed by atoms with Gasteiger partial charge in [0.05, 0.1) is 13.1 Å². The van der Waals surface area contributed by atoms with Gasteiger partial charge in [0.25, 0.3) is 0 Å². The van der Waals surface area contributed by atoms with Crippen molar-refractivity contribution >= 4 is 29.1 Å². The minimum absolute atomic E-state index is 0.114. The van der Waals surface area contributed by atoms with Crippen molar-refractivity contribution in [3.63, 3.8) is 0 Å². The fourth-order valence-corrected chi connectivity index (χ4v) is 3.01. The topological polar surface area (TPSA) is 52.7 Å². The van der Waals surface area contributed by atoms with Crippen LogP contribution in [0, 0.1) is 6.92 Å². The minimum atomic E-state index is -0.131. The lowest BCUT2D eigenvalue weighted by molar-refractivity contribution is -0.133. The van der Waals surface area contributed by atoms with Crippen molar-refractivity contribution in [3.05, 3.63) is 28.8 Å². The monoisotopic (exact) mass is 351 g/mol. The van der Waals surface area contributed by atoms with E-state index < -0.39 is 0 Å². The number of hydrogen-bond donors (Lipinski definition) is 1. The van der Waals surface area contributed by atoms with Crippen LogP contribution in [-0.4, -0.2) is 54.3 Å². The van der Waals surface area contributed by atoms with Crippen LogP contribution >= 0.6 is 11.6 Å². The molecule has 2 rings (SSSR count). The molecule has 0 aliphatic carbocycles. The molecule has 0 spiro atoms. The van der Waals surface area contributed by atoms with Crippen molar-refractivity contribution in [3.8, 4) is 0 Å². The van der Waals surface area contributed by atoms with Gasteiger partial charge >= 0.3 is 0 Å². The van der Waals surface area contributed by atoms with Gasteiger partial charge in [-0.1, -0.05) is 24.6 Å². The summed E-state index contributed by atoms with van der Waals surface area (Å²) in [5, 5.41) is 3.47. The lowest BCUT2D eigenvalue weighted by Crippen LogP contribution is -2.44. The van der Waals surface area contributed by atoms with Crippen LogP contribution in [0.1, 0.15) is 31.7 Å². The first-order chi connectivity index (χ1) is 11.5. The van der Waals surface area contributed by atoms with E-state index in [1.165, 1.54) is 6.42 Å². The van der Waals surface area contributed by atoms with Crippen molar-refractivity contribution in [2.75, 3.05) is 38.0 Å². The second-order valence-electron chi connectivity index (χ2n) is 6.25. The second kappa shape index (κ2) is 9.04. The Morgan fingerprint density at radius 3 is 2.58 bits per heavy atom. The highest BCUT2D eigenvalue weighted by atomic mass is 35.5. The first kappa shape index (κ1) is 18.7. The Bertz CT molecular complexity index is 586. The van der Waals surface area contributed by atoms with Crippen LogP contribution in [0.4, 0.5) is 5.69 Å². The van der Waals surface area contributed by atoms with E-state index in [4.69, 9.17) is 11.6 Å². The number of likely N-dealkylation sites (tertiary alicyclic amines) is 1. The third-order valence-corrected chi connectivity index (χ3v) is 4.59. The van der Waals surface area contributed by atoms with E-state index >= 15 is 0 Å². The van der Waals surface area contributed by atoms with Crippen LogP contribution in [0.3, 0.4) is 0 Å². The highest BCUT2D eigenvalue weighted by Crippen LogP contribution is 2.20. The molecule has 24 heavy (non-hydrogen) atoms. The highest BCUT2D eigenvalue weighted by molar-refractivity contribution is 6.31. The maximum atomic E-state index is 12.3. The molecule has 0 saturated carbocycles. The Morgan fingerprint density at radius 2 is 1.92 bits per heavy atom. The van der Waals surface area contributed by atoms with Crippen LogP contribution in [-0.2, 0) is 9.59 Å². The first-order valence-electron chi connectivity index (χ1n) is 8.55. The smallest absolute Gasteiger partial charge is 0.238 e. The molecule has 1 fully saturated rings. The quantitative estimate of drug-likeness (QED) is 0.857. The number of rotatable bonds is 6. The Labute approximate surface area is 149 Å². The minimum Gasteiger partial charge on any atom is -0.342 e. The second-order valence-corrected chi connectivity index (χ2v) is 6.69. The van der Waals surface area contributed by atoms with E-state index in [9.17, 15) is 9.59 Å². The van der Waals surface area contributed by atoms with Crippen LogP contribution < -0.4 is 5.32 Å². The molecule has 0 aromatic heterocycles. The van der Waals surface area contributed by atoms with Crippen molar-refractivity contribution in [1.29, 1.82) is 0 Å². The van der Waals surface area contributed by atoms with Crippen LogP contribution in [0.2, 0.25) is 5.02 Å². The molecule has 1 aliphatic rings. The SMILES string of the molecule is CCN(CC(=O)Nc1cc(Cl)ccc1C)CC(=O)N1CCCCC1. The number of benzene rings is 1. The maximum Gasteiger partial charge on any atom is 0.238 e. The molecule has 132 valence electrons. The third-order valence-electron chi connectivity index (χ3n) is 4.36. The third kappa shape index (κ3) is 5.49. The number of nitrogens with one attached hydrogen (secondary N) is 1. The fourth-order valence-electron chi connectivity index (χ4n) is 2.84. The molecule has 0 unspecified atom stereocenters. The van der Waals surface area contributed by atoms with E-state index in [0.717, 1.165) is 31.5 Å². The Balaban J connectivity index is 1.88. The molecular weight excluding hydrogens is 326 g/mol. The normalized spacial score (nSPS) is 14.8. The molecule has 0 atom stereocenters. The molecule has 1 N–H and O–H groups in total. The van der Waals surface area contributed by atoms with E-state index in [0.29, 0.717) is 23.8 Å². The lowest BCUT2D eigenvalue weighted by Gasteiger charge is -2.29. The molecule has 5 nitrogen and oxygen atoms in total. The van der Waals surface area contributed by atoms with Crippen LogP contribution in [0.5, 0.6) is 0 Å². The Morgan fingerprint density at radius 1 is 1.21 bits per heavy atom. The molecular formula is C18H26ClN3O2. The molecule has 1 saturated heterocycles. The Kier molecular flexibility index (Phi) is 7.06. The number of carbonyl (C=O) groups excluding carboxylic acids is 2. The summed E-state index contributed by atoms with van der Waals surface area (Å²) in [5.41, 5.74) is 1.67. The van der Waals surface area contributed by atoms with Gasteiger partial charge in [0.2, 0.25) is 11.8 Å². The number of amides is 2. The average Bonchev–Trinajstić information content (AvgIpc) is 2.58. The Hall–Kier alpha value is -1.59. The van der Waals surface area contributed by atoms with Gasteiger partial charge in [-0.05, 0) is 50.4 Å². The zero-order valence-corrected chi connectivity index (χ0v) is 15.2. The van der Waals surface area contributed by atoms with Crippen LogP contribution in [0.15, 0.2) is 18.2 Å². The first-order valence-corrected chi connectivity index (χ1v) is 8.93. The largest absolute Gasteiger partial charge is 0.342 e.